The summed E-state index contributed by atoms with van der Waals surface area (Å²) in [4.78, 5) is 19.5. The van der Waals surface area contributed by atoms with Gasteiger partial charge in [0.2, 0.25) is 5.78 Å². The molecular formula is C14H12N2O3. The van der Waals surface area contributed by atoms with Crippen molar-refractivity contribution in [2.75, 3.05) is 7.11 Å². The van der Waals surface area contributed by atoms with Gasteiger partial charge >= 0.3 is 0 Å². The lowest BCUT2D eigenvalue weighted by molar-refractivity contribution is 0.104. The lowest BCUT2D eigenvalue weighted by atomic mass is 10.1. The van der Waals surface area contributed by atoms with E-state index in [4.69, 9.17) is 4.74 Å². The van der Waals surface area contributed by atoms with E-state index in [0.717, 1.165) is 5.56 Å². The molecule has 2 aromatic rings. The van der Waals surface area contributed by atoms with E-state index in [1.54, 1.807) is 18.2 Å². The molecule has 96 valence electrons. The number of aromatic nitrogens is 2. The Bertz CT molecular complexity index is 609. The fraction of sp³-hybridized carbons (Fsp3) is 0.0714. The van der Waals surface area contributed by atoms with Gasteiger partial charge in [-0.05, 0) is 23.8 Å². The van der Waals surface area contributed by atoms with Gasteiger partial charge in [-0.15, -0.1) is 0 Å². The van der Waals surface area contributed by atoms with Crippen molar-refractivity contribution in [2.45, 2.75) is 0 Å². The van der Waals surface area contributed by atoms with Crippen LogP contribution in [-0.2, 0) is 0 Å². The molecule has 0 aliphatic heterocycles. The van der Waals surface area contributed by atoms with Crippen LogP contribution < -0.4 is 4.74 Å². The van der Waals surface area contributed by atoms with Crippen LogP contribution in [-0.4, -0.2) is 28.0 Å². The zero-order valence-electron chi connectivity index (χ0n) is 10.3. The summed E-state index contributed by atoms with van der Waals surface area (Å²) < 4.78 is 4.99. The van der Waals surface area contributed by atoms with Crippen molar-refractivity contribution in [1.29, 1.82) is 0 Å². The van der Waals surface area contributed by atoms with Crippen molar-refractivity contribution in [3.63, 3.8) is 0 Å². The minimum absolute atomic E-state index is 0.0555. The average molecular weight is 256 g/mol. The number of benzene rings is 1. The number of phenols is 1. The van der Waals surface area contributed by atoms with E-state index in [9.17, 15) is 9.90 Å². The van der Waals surface area contributed by atoms with Crippen LogP contribution in [0.2, 0.25) is 0 Å². The standard InChI is InChI=1S/C14H12N2O3/c1-19-14-8-10(3-5-13(14)18)2-4-12(17)11-9-15-6-7-16-11/h2-9,18H,1H3/b4-2+. The first kappa shape index (κ1) is 12.8. The van der Waals surface area contributed by atoms with Crippen LogP contribution in [0.3, 0.4) is 0 Å². The number of phenolic OH excluding ortho intramolecular Hbond substituents is 1. The summed E-state index contributed by atoms with van der Waals surface area (Å²) in [6, 6.07) is 4.82. The van der Waals surface area contributed by atoms with Gasteiger partial charge in [-0.3, -0.25) is 9.78 Å². The third-order valence-electron chi connectivity index (χ3n) is 2.45. The van der Waals surface area contributed by atoms with Crippen LogP contribution in [0.4, 0.5) is 0 Å². The maximum atomic E-state index is 11.8. The second kappa shape index (κ2) is 5.77. The molecule has 1 aromatic carbocycles. The van der Waals surface area contributed by atoms with Crippen LogP contribution >= 0.6 is 0 Å². The molecule has 0 radical (unpaired) electrons. The van der Waals surface area contributed by atoms with Gasteiger partial charge < -0.3 is 9.84 Å². The highest BCUT2D eigenvalue weighted by Gasteiger charge is 2.04. The second-order valence-electron chi connectivity index (χ2n) is 3.72. The Morgan fingerprint density at radius 3 is 2.89 bits per heavy atom. The number of ether oxygens (including phenoxy) is 1. The summed E-state index contributed by atoms with van der Waals surface area (Å²) in [5, 5.41) is 9.46. The van der Waals surface area contributed by atoms with Crippen molar-refractivity contribution >= 4 is 11.9 Å². The van der Waals surface area contributed by atoms with Gasteiger partial charge in [0.05, 0.1) is 13.3 Å². The number of carbonyl (C=O) groups excluding carboxylic acids is 1. The van der Waals surface area contributed by atoms with Crippen LogP contribution in [0.5, 0.6) is 11.5 Å². The molecule has 0 aliphatic rings. The van der Waals surface area contributed by atoms with E-state index in [0.29, 0.717) is 5.75 Å². The SMILES string of the molecule is COc1cc(/C=C/C(=O)c2cnccn2)ccc1O. The summed E-state index contributed by atoms with van der Waals surface area (Å²) >= 11 is 0. The van der Waals surface area contributed by atoms with E-state index in [1.807, 2.05) is 0 Å². The summed E-state index contributed by atoms with van der Waals surface area (Å²) in [5.41, 5.74) is 1.02. The maximum absolute atomic E-state index is 11.8. The number of nitrogens with zero attached hydrogens (tertiary/aromatic N) is 2. The van der Waals surface area contributed by atoms with Crippen molar-refractivity contribution in [1.82, 2.24) is 9.97 Å². The van der Waals surface area contributed by atoms with Gasteiger partial charge in [-0.25, -0.2) is 4.98 Å². The topological polar surface area (TPSA) is 72.3 Å². The van der Waals surface area contributed by atoms with Gasteiger partial charge in [0.25, 0.3) is 0 Å². The normalized spacial score (nSPS) is 10.6. The zero-order valence-corrected chi connectivity index (χ0v) is 10.3. The second-order valence-corrected chi connectivity index (χ2v) is 3.72. The van der Waals surface area contributed by atoms with Gasteiger partial charge in [0.1, 0.15) is 5.69 Å². The highest BCUT2D eigenvalue weighted by atomic mass is 16.5. The predicted octanol–water partition coefficient (Wildman–Crippen LogP) is 2.09. The molecule has 1 heterocycles. The Morgan fingerprint density at radius 1 is 1.37 bits per heavy atom. The molecule has 0 spiro atoms. The average Bonchev–Trinajstić information content (AvgIpc) is 2.47. The molecule has 0 bridgehead atoms. The largest absolute Gasteiger partial charge is 0.504 e. The van der Waals surface area contributed by atoms with Gasteiger partial charge in [0.15, 0.2) is 11.5 Å². The Balaban J connectivity index is 2.17. The minimum atomic E-state index is -0.236. The fourth-order valence-corrected chi connectivity index (χ4v) is 1.48. The summed E-state index contributed by atoms with van der Waals surface area (Å²) in [6.45, 7) is 0. The number of methoxy groups -OCH3 is 1. The monoisotopic (exact) mass is 256 g/mol. The Morgan fingerprint density at radius 2 is 2.21 bits per heavy atom. The summed E-state index contributed by atoms with van der Waals surface area (Å²) in [5.74, 6) is 0.175. The summed E-state index contributed by atoms with van der Waals surface area (Å²) in [7, 11) is 1.47. The Hall–Kier alpha value is -2.69. The van der Waals surface area contributed by atoms with Crippen molar-refractivity contribution in [2.24, 2.45) is 0 Å². The summed E-state index contributed by atoms with van der Waals surface area (Å²) in [6.07, 6.45) is 7.40. The quantitative estimate of drug-likeness (QED) is 0.669. The zero-order chi connectivity index (χ0) is 13.7. The molecule has 19 heavy (non-hydrogen) atoms. The molecule has 0 saturated carbocycles. The number of aromatic hydroxyl groups is 1. The third-order valence-corrected chi connectivity index (χ3v) is 2.45. The predicted molar refractivity (Wildman–Crippen MR) is 70.1 cm³/mol. The Kier molecular flexibility index (Phi) is 3.87. The highest BCUT2D eigenvalue weighted by Crippen LogP contribution is 2.26. The van der Waals surface area contributed by atoms with Crippen molar-refractivity contribution in [3.05, 3.63) is 54.1 Å². The Labute approximate surface area is 110 Å². The van der Waals surface area contributed by atoms with Gasteiger partial charge in [-0.2, -0.15) is 0 Å². The molecule has 1 aromatic heterocycles. The van der Waals surface area contributed by atoms with E-state index >= 15 is 0 Å². The first-order chi connectivity index (χ1) is 9.20. The molecular weight excluding hydrogens is 244 g/mol. The third kappa shape index (κ3) is 3.16. The number of rotatable bonds is 4. The van der Waals surface area contributed by atoms with E-state index in [-0.39, 0.29) is 17.2 Å². The molecule has 0 amide bonds. The molecule has 5 nitrogen and oxygen atoms in total. The van der Waals surface area contributed by atoms with Crippen LogP contribution in [0.15, 0.2) is 42.9 Å². The molecule has 0 saturated heterocycles. The maximum Gasteiger partial charge on any atom is 0.205 e. The highest BCUT2D eigenvalue weighted by molar-refractivity contribution is 6.05. The number of allylic oxidation sites excluding steroid dienone is 1. The van der Waals surface area contributed by atoms with Crippen LogP contribution in [0.25, 0.3) is 6.08 Å². The lowest BCUT2D eigenvalue weighted by Gasteiger charge is -2.03. The number of hydrogen-bond donors (Lipinski definition) is 1. The first-order valence-electron chi connectivity index (χ1n) is 5.56. The number of ketones is 1. The first-order valence-corrected chi connectivity index (χ1v) is 5.56. The molecule has 5 heteroatoms. The van der Waals surface area contributed by atoms with E-state index in [1.165, 1.54) is 37.8 Å². The van der Waals surface area contributed by atoms with Crippen molar-refractivity contribution in [3.8, 4) is 11.5 Å². The molecule has 0 unspecified atom stereocenters. The molecule has 0 fully saturated rings. The van der Waals surface area contributed by atoms with Crippen molar-refractivity contribution < 1.29 is 14.6 Å². The number of carbonyl (C=O) groups is 1. The smallest absolute Gasteiger partial charge is 0.205 e. The van der Waals surface area contributed by atoms with Crippen LogP contribution in [0, 0.1) is 0 Å². The molecule has 2 rings (SSSR count). The molecule has 0 aliphatic carbocycles. The van der Waals surface area contributed by atoms with Crippen LogP contribution in [0.1, 0.15) is 16.1 Å². The fourth-order valence-electron chi connectivity index (χ4n) is 1.48. The van der Waals surface area contributed by atoms with Gasteiger partial charge in [0, 0.05) is 12.4 Å². The van der Waals surface area contributed by atoms with Gasteiger partial charge in [-0.1, -0.05) is 12.1 Å². The van der Waals surface area contributed by atoms with E-state index < -0.39 is 0 Å². The number of hydrogen-bond acceptors (Lipinski definition) is 5. The van der Waals surface area contributed by atoms with E-state index in [2.05, 4.69) is 9.97 Å². The minimum Gasteiger partial charge on any atom is -0.504 e. The molecule has 1 N–H and O–H groups in total. The molecule has 0 atom stereocenters. The lowest BCUT2D eigenvalue weighted by Crippen LogP contribution is -1.98.